The van der Waals surface area contributed by atoms with Crippen molar-refractivity contribution in [1.29, 1.82) is 5.26 Å². The lowest BCUT2D eigenvalue weighted by molar-refractivity contribution is 1.02. The summed E-state index contributed by atoms with van der Waals surface area (Å²) < 4.78 is 9.35. The topological polar surface area (TPSA) is 69.3 Å². The van der Waals surface area contributed by atoms with Crippen LogP contribution in [0, 0.1) is 11.3 Å². The van der Waals surface area contributed by atoms with E-state index in [4.69, 9.17) is 9.97 Å². The molecule has 7 nitrogen and oxygen atoms in total. The second-order valence-corrected chi connectivity index (χ2v) is 22.4. The van der Waals surface area contributed by atoms with Crippen molar-refractivity contribution >= 4 is 109 Å². The Bertz CT molecular complexity index is 5900. The van der Waals surface area contributed by atoms with E-state index < -0.39 is 0 Å². The third-order valence-electron chi connectivity index (χ3n) is 17.8. The van der Waals surface area contributed by atoms with E-state index in [-0.39, 0.29) is 0 Å². The maximum atomic E-state index is 9.86. The predicted molar refractivity (Wildman–Crippen MR) is 355 cm³/mol. The van der Waals surface area contributed by atoms with Crippen molar-refractivity contribution in [3.63, 3.8) is 0 Å². The maximum absolute atomic E-state index is 9.86. The predicted octanol–water partition coefficient (Wildman–Crippen LogP) is 20.0. The summed E-state index contributed by atoms with van der Waals surface area (Å²) in [6.45, 7) is 0. The molecular formula is C79H47N7. The monoisotopic (exact) mass is 1090 g/mol. The largest absolute Gasteiger partial charge is 0.309 e. The van der Waals surface area contributed by atoms with Crippen molar-refractivity contribution in [2.75, 3.05) is 0 Å². The van der Waals surface area contributed by atoms with Crippen LogP contribution in [0.3, 0.4) is 0 Å². The number of hydrogen-bond donors (Lipinski definition) is 0. The van der Waals surface area contributed by atoms with Crippen LogP contribution in [0.15, 0.2) is 285 Å². The molecule has 13 aromatic carbocycles. The van der Waals surface area contributed by atoms with Gasteiger partial charge in [0.05, 0.1) is 67.0 Å². The lowest BCUT2D eigenvalue weighted by atomic mass is 10.0. The molecule has 0 aliphatic carbocycles. The summed E-state index contributed by atoms with van der Waals surface area (Å²) in [5.74, 6) is 0.571. The van der Waals surface area contributed by atoms with Crippen molar-refractivity contribution in [2.24, 2.45) is 0 Å². The van der Waals surface area contributed by atoms with E-state index in [2.05, 4.69) is 285 Å². The average Bonchev–Trinajstić information content (AvgIpc) is 1.79. The molecule has 0 spiro atoms. The minimum Gasteiger partial charge on any atom is -0.309 e. The second kappa shape index (κ2) is 18.6. The second-order valence-electron chi connectivity index (χ2n) is 22.4. The van der Waals surface area contributed by atoms with Gasteiger partial charge in [-0.2, -0.15) is 5.26 Å². The van der Waals surface area contributed by atoms with Crippen LogP contribution in [0.25, 0.3) is 165 Å². The van der Waals surface area contributed by atoms with E-state index >= 15 is 0 Å². The SMILES string of the molecule is N#Cc1ccc(-c2nc(-n3c4ccccc4c4cc(-c5ccc6c(c5)c5ccccc5n6-c5ccccc5)ccc43)nc3c2ccc2cc(-n4c5ccccc5c5cc(-c6ccc7c(c6)c6ccccc6n7-c6ccccc6)ccc54)ccc23)cc1. The van der Waals surface area contributed by atoms with Crippen molar-refractivity contribution < 1.29 is 0 Å². The van der Waals surface area contributed by atoms with E-state index in [9.17, 15) is 5.26 Å². The molecule has 0 unspecified atom stereocenters. The van der Waals surface area contributed by atoms with Crippen LogP contribution in [-0.2, 0) is 0 Å². The van der Waals surface area contributed by atoms with Crippen LogP contribution in [0.4, 0.5) is 0 Å². The molecule has 0 aliphatic rings. The van der Waals surface area contributed by atoms with E-state index in [0.29, 0.717) is 11.5 Å². The van der Waals surface area contributed by atoms with Crippen molar-refractivity contribution in [3.05, 3.63) is 291 Å². The van der Waals surface area contributed by atoms with Gasteiger partial charge in [0.15, 0.2) is 0 Å². The number of nitriles is 1. The first-order valence-corrected chi connectivity index (χ1v) is 29.1. The molecule has 0 aliphatic heterocycles. The van der Waals surface area contributed by atoms with Crippen LogP contribution >= 0.6 is 0 Å². The Morgan fingerprint density at radius 2 is 0.628 bits per heavy atom. The molecule has 0 N–H and O–H groups in total. The van der Waals surface area contributed by atoms with E-state index in [0.717, 1.165) is 94.0 Å². The van der Waals surface area contributed by atoms with Crippen LogP contribution in [0.5, 0.6) is 0 Å². The molecule has 0 atom stereocenters. The van der Waals surface area contributed by atoms with E-state index in [1.807, 2.05) is 24.3 Å². The highest BCUT2D eigenvalue weighted by molar-refractivity contribution is 6.16. The van der Waals surface area contributed by atoms with Crippen LogP contribution in [-0.4, -0.2) is 28.2 Å². The molecule has 18 rings (SSSR count). The Morgan fingerprint density at radius 3 is 1.08 bits per heavy atom. The van der Waals surface area contributed by atoms with Crippen molar-refractivity contribution in [3.8, 4) is 62.6 Å². The summed E-state index contributed by atoms with van der Waals surface area (Å²) in [6, 6.07) is 105. The molecule has 7 heteroatoms. The number of rotatable bonds is 7. The lowest BCUT2D eigenvalue weighted by Crippen LogP contribution is -2.04. The highest BCUT2D eigenvalue weighted by atomic mass is 15.2. The van der Waals surface area contributed by atoms with E-state index in [1.165, 1.54) is 65.5 Å². The summed E-state index contributed by atoms with van der Waals surface area (Å²) in [5.41, 5.74) is 20.1. The van der Waals surface area contributed by atoms with Gasteiger partial charge in [0.1, 0.15) is 0 Å². The number of benzene rings is 13. The van der Waals surface area contributed by atoms with Gasteiger partial charge in [0.2, 0.25) is 5.95 Å². The van der Waals surface area contributed by atoms with Crippen LogP contribution < -0.4 is 0 Å². The zero-order chi connectivity index (χ0) is 56.6. The van der Waals surface area contributed by atoms with Crippen LogP contribution in [0.1, 0.15) is 5.56 Å². The minimum atomic E-state index is 0.571. The summed E-state index contributed by atoms with van der Waals surface area (Å²) in [6.07, 6.45) is 0. The standard InChI is InChI=1S/C79H47N7/c80-48-49-27-29-50(30-28-49)77-64-37-31-55-43-58(85-71-25-13-9-21-62(71)67-46-53(34-41-75(67)85)51-32-39-73-65(44-51)60-19-7-11-23-69(60)83(73)56-15-3-1-4-16-56)36-38-59(55)78(64)82-79(81-77)86-72-26-14-10-22-63(72)68-47-54(35-42-76(68)86)52-33-40-74-66(45-52)61-20-8-12-24-70(61)84(74)57-17-5-2-6-18-57/h1-47H. The van der Waals surface area contributed by atoms with Gasteiger partial charge < -0.3 is 13.7 Å². The average molecular weight is 1090 g/mol. The van der Waals surface area contributed by atoms with Crippen molar-refractivity contribution in [1.82, 2.24) is 28.2 Å². The molecule has 0 fully saturated rings. The van der Waals surface area contributed by atoms with Gasteiger partial charge in [-0.3, -0.25) is 4.57 Å². The molecular weight excluding hydrogens is 1050 g/mol. The number of aromatic nitrogens is 6. The first-order valence-electron chi connectivity index (χ1n) is 29.1. The summed E-state index contributed by atoms with van der Waals surface area (Å²) in [5, 5.41) is 22.4. The fourth-order valence-corrected chi connectivity index (χ4v) is 13.9. The maximum Gasteiger partial charge on any atom is 0.235 e. The van der Waals surface area contributed by atoms with Crippen molar-refractivity contribution in [2.45, 2.75) is 0 Å². The first-order chi connectivity index (χ1) is 42.6. The zero-order valence-corrected chi connectivity index (χ0v) is 46.3. The van der Waals surface area contributed by atoms with Gasteiger partial charge in [-0.05, 0) is 155 Å². The lowest BCUT2D eigenvalue weighted by Gasteiger charge is -2.15. The summed E-state index contributed by atoms with van der Waals surface area (Å²) in [7, 11) is 0. The summed E-state index contributed by atoms with van der Waals surface area (Å²) >= 11 is 0. The van der Waals surface area contributed by atoms with Crippen LogP contribution in [0.2, 0.25) is 0 Å². The Morgan fingerprint density at radius 1 is 0.256 bits per heavy atom. The minimum absolute atomic E-state index is 0.571. The molecule has 18 aromatic rings. The Hall–Kier alpha value is -11.9. The Balaban J connectivity index is 0.779. The number of nitrogens with zero attached hydrogens (tertiary/aromatic N) is 7. The fraction of sp³-hybridized carbons (Fsp3) is 0. The van der Waals surface area contributed by atoms with Gasteiger partial charge in [-0.1, -0.05) is 158 Å². The molecule has 0 saturated carbocycles. The third-order valence-corrected chi connectivity index (χ3v) is 17.8. The molecule has 0 amide bonds. The van der Waals surface area contributed by atoms with Gasteiger partial charge >= 0.3 is 0 Å². The van der Waals surface area contributed by atoms with Gasteiger partial charge in [-0.15, -0.1) is 0 Å². The molecule has 86 heavy (non-hydrogen) atoms. The summed E-state index contributed by atoms with van der Waals surface area (Å²) in [4.78, 5) is 11.1. The van der Waals surface area contributed by atoms with Gasteiger partial charge in [0.25, 0.3) is 0 Å². The Kier molecular flexibility index (Phi) is 10.3. The normalized spacial score (nSPS) is 11.9. The number of hydrogen-bond acceptors (Lipinski definition) is 3. The molecule has 0 saturated heterocycles. The van der Waals surface area contributed by atoms with E-state index in [1.54, 1.807) is 0 Å². The molecule has 5 heterocycles. The highest BCUT2D eigenvalue weighted by Gasteiger charge is 2.22. The first kappa shape index (κ1) is 47.8. The van der Waals surface area contributed by atoms with Gasteiger partial charge in [0, 0.05) is 76.5 Å². The highest BCUT2D eigenvalue weighted by Crippen LogP contribution is 2.43. The fourth-order valence-electron chi connectivity index (χ4n) is 13.9. The number of para-hydroxylation sites is 6. The third kappa shape index (κ3) is 7.14. The smallest absolute Gasteiger partial charge is 0.235 e. The quantitative estimate of drug-likeness (QED) is 0.149. The molecule has 398 valence electrons. The Labute approximate surface area is 493 Å². The molecule has 0 radical (unpaired) electrons. The zero-order valence-electron chi connectivity index (χ0n) is 46.3. The van der Waals surface area contributed by atoms with Gasteiger partial charge in [-0.25, -0.2) is 9.97 Å². The number of fused-ring (bicyclic) bond motifs is 15. The molecule has 0 bridgehead atoms. The molecule has 5 aromatic heterocycles.